The van der Waals surface area contributed by atoms with E-state index in [-0.39, 0.29) is 6.04 Å². The van der Waals surface area contributed by atoms with Crippen LogP contribution in [0.25, 0.3) is 0 Å². The molecule has 0 radical (unpaired) electrons. The van der Waals surface area contributed by atoms with Gasteiger partial charge in [-0.25, -0.2) is 9.59 Å². The summed E-state index contributed by atoms with van der Waals surface area (Å²) in [7, 11) is 0. The van der Waals surface area contributed by atoms with Crippen LogP contribution in [-0.4, -0.2) is 46.3 Å². The fraction of sp³-hybridized carbons (Fsp3) is 0.875. The molecule has 5 nitrogen and oxygen atoms in total. The molecule has 2 aliphatic rings. The number of urea groups is 1. The van der Waals surface area contributed by atoms with Gasteiger partial charge in [0.1, 0.15) is 11.6 Å². The SMILES string of the molecule is CC(C)(C)OC(=O)C1CCCN1C(=O)N(F)C1CCCCC1. The summed E-state index contributed by atoms with van der Waals surface area (Å²) in [5.41, 5.74) is -0.604. The van der Waals surface area contributed by atoms with Gasteiger partial charge in [-0.1, -0.05) is 23.7 Å². The standard InChI is InChI=1S/C16H27FN2O3/c1-16(2,3)22-14(20)13-10-7-11-18(13)15(21)19(17)12-8-5-4-6-9-12/h12-13H,4-11H2,1-3H3. The quantitative estimate of drug-likeness (QED) is 0.579. The summed E-state index contributed by atoms with van der Waals surface area (Å²) in [6, 6.07) is -1.69. The Balaban J connectivity index is 1.99. The first-order valence-corrected chi connectivity index (χ1v) is 8.28. The van der Waals surface area contributed by atoms with Gasteiger partial charge in [-0.15, -0.1) is 0 Å². The Morgan fingerprint density at radius 1 is 1.09 bits per heavy atom. The van der Waals surface area contributed by atoms with Gasteiger partial charge in [-0.2, -0.15) is 5.12 Å². The van der Waals surface area contributed by atoms with Crippen LogP contribution in [-0.2, 0) is 9.53 Å². The van der Waals surface area contributed by atoms with Gasteiger partial charge < -0.3 is 9.64 Å². The van der Waals surface area contributed by atoms with Gasteiger partial charge in [-0.3, -0.25) is 0 Å². The molecule has 2 amide bonds. The zero-order valence-electron chi connectivity index (χ0n) is 13.8. The zero-order chi connectivity index (χ0) is 16.3. The molecule has 22 heavy (non-hydrogen) atoms. The van der Waals surface area contributed by atoms with Crippen LogP contribution in [0.1, 0.15) is 65.7 Å². The van der Waals surface area contributed by atoms with Crippen LogP contribution in [0.2, 0.25) is 0 Å². The number of carbonyl (C=O) groups excluding carboxylic acids is 2. The monoisotopic (exact) mass is 314 g/mol. The van der Waals surface area contributed by atoms with Gasteiger partial charge in [0.25, 0.3) is 0 Å². The minimum absolute atomic E-state index is 0.346. The van der Waals surface area contributed by atoms with Gasteiger partial charge in [0.15, 0.2) is 0 Å². The summed E-state index contributed by atoms with van der Waals surface area (Å²) < 4.78 is 19.8. The van der Waals surface area contributed by atoms with E-state index < -0.39 is 23.6 Å². The number of amides is 2. The van der Waals surface area contributed by atoms with Crippen molar-refractivity contribution in [3.8, 4) is 0 Å². The number of nitrogens with zero attached hydrogens (tertiary/aromatic N) is 2. The van der Waals surface area contributed by atoms with E-state index in [1.54, 1.807) is 20.8 Å². The third kappa shape index (κ3) is 4.11. The fourth-order valence-corrected chi connectivity index (χ4v) is 3.20. The van der Waals surface area contributed by atoms with Crippen LogP contribution in [0.3, 0.4) is 0 Å². The first-order chi connectivity index (χ1) is 10.3. The molecule has 0 aromatic carbocycles. The summed E-state index contributed by atoms with van der Waals surface area (Å²) >= 11 is 0. The number of likely N-dealkylation sites (tertiary alicyclic amines) is 1. The number of hydrogen-bond acceptors (Lipinski definition) is 3. The van der Waals surface area contributed by atoms with Crippen molar-refractivity contribution >= 4 is 12.0 Å². The minimum Gasteiger partial charge on any atom is -0.458 e. The van der Waals surface area contributed by atoms with Crippen LogP contribution in [0.5, 0.6) is 0 Å². The second kappa shape index (κ2) is 6.84. The number of rotatable bonds is 2. The Morgan fingerprint density at radius 3 is 2.32 bits per heavy atom. The molecular formula is C16H27FN2O3. The molecule has 0 N–H and O–H groups in total. The summed E-state index contributed by atoms with van der Waals surface area (Å²) in [6.07, 6.45) is 5.65. The molecule has 1 atom stereocenters. The van der Waals surface area contributed by atoms with E-state index in [0.717, 1.165) is 19.3 Å². The molecule has 0 aromatic rings. The van der Waals surface area contributed by atoms with Gasteiger partial charge in [-0.05, 0) is 46.5 Å². The van der Waals surface area contributed by atoms with Crippen molar-refractivity contribution in [2.24, 2.45) is 0 Å². The smallest absolute Gasteiger partial charge is 0.349 e. The van der Waals surface area contributed by atoms with E-state index in [4.69, 9.17) is 4.74 Å². The van der Waals surface area contributed by atoms with Crippen LogP contribution in [0, 0.1) is 0 Å². The molecule has 1 heterocycles. The van der Waals surface area contributed by atoms with E-state index in [1.165, 1.54) is 4.90 Å². The summed E-state index contributed by atoms with van der Waals surface area (Å²) in [6.45, 7) is 5.77. The number of hydrogen-bond donors (Lipinski definition) is 0. The molecule has 6 heteroatoms. The lowest BCUT2D eigenvalue weighted by Gasteiger charge is -2.32. The number of esters is 1. The molecular weight excluding hydrogens is 287 g/mol. The van der Waals surface area contributed by atoms with E-state index in [9.17, 15) is 14.1 Å². The van der Waals surface area contributed by atoms with Crippen molar-refractivity contribution in [3.63, 3.8) is 0 Å². The fourth-order valence-electron chi connectivity index (χ4n) is 3.20. The highest BCUT2D eigenvalue weighted by Gasteiger charge is 2.40. The largest absolute Gasteiger partial charge is 0.458 e. The van der Waals surface area contributed by atoms with Crippen LogP contribution < -0.4 is 0 Å². The Labute approximate surface area is 131 Å². The highest BCUT2D eigenvalue weighted by atomic mass is 19.2. The Bertz CT molecular complexity index is 416. The minimum atomic E-state index is -0.680. The van der Waals surface area contributed by atoms with E-state index in [1.807, 2.05) is 0 Å². The Hall–Kier alpha value is -1.33. The van der Waals surface area contributed by atoms with Crippen LogP contribution in [0.15, 0.2) is 0 Å². The predicted octanol–water partition coefficient (Wildman–Crippen LogP) is 3.43. The van der Waals surface area contributed by atoms with Crippen LogP contribution in [0.4, 0.5) is 9.28 Å². The van der Waals surface area contributed by atoms with Crippen LogP contribution >= 0.6 is 0 Å². The second-order valence-electron chi connectivity index (χ2n) is 7.27. The lowest BCUT2D eigenvalue weighted by atomic mass is 9.95. The molecule has 126 valence electrons. The van der Waals surface area contributed by atoms with Crippen molar-refractivity contribution in [2.45, 2.75) is 83.4 Å². The molecule has 2 fully saturated rings. The highest BCUT2D eigenvalue weighted by Crippen LogP contribution is 2.27. The summed E-state index contributed by atoms with van der Waals surface area (Å²) in [5, 5.41) is 0.349. The predicted molar refractivity (Wildman–Crippen MR) is 80.8 cm³/mol. The van der Waals surface area contributed by atoms with Crippen molar-refractivity contribution < 1.29 is 18.8 Å². The molecule has 0 spiro atoms. The zero-order valence-corrected chi connectivity index (χ0v) is 13.8. The first kappa shape index (κ1) is 17.0. The Morgan fingerprint density at radius 2 is 1.73 bits per heavy atom. The average molecular weight is 314 g/mol. The molecule has 0 bridgehead atoms. The number of halogens is 1. The Kier molecular flexibility index (Phi) is 5.29. The topological polar surface area (TPSA) is 49.9 Å². The molecule has 1 aliphatic heterocycles. The van der Waals surface area contributed by atoms with Crippen molar-refractivity contribution in [1.82, 2.24) is 10.0 Å². The lowest BCUT2D eigenvalue weighted by molar-refractivity contribution is -0.160. The average Bonchev–Trinajstić information content (AvgIpc) is 2.94. The number of carbonyl (C=O) groups is 2. The van der Waals surface area contributed by atoms with E-state index in [0.29, 0.717) is 37.4 Å². The highest BCUT2D eigenvalue weighted by molar-refractivity contribution is 5.84. The van der Waals surface area contributed by atoms with Gasteiger partial charge >= 0.3 is 12.0 Å². The van der Waals surface area contributed by atoms with Gasteiger partial charge in [0.2, 0.25) is 0 Å². The normalized spacial score (nSPS) is 23.5. The first-order valence-electron chi connectivity index (χ1n) is 8.28. The van der Waals surface area contributed by atoms with Gasteiger partial charge in [0.05, 0.1) is 6.04 Å². The second-order valence-corrected chi connectivity index (χ2v) is 7.27. The maximum absolute atomic E-state index is 14.4. The molecule has 2 rings (SSSR count). The molecule has 1 saturated carbocycles. The maximum atomic E-state index is 14.4. The van der Waals surface area contributed by atoms with E-state index >= 15 is 0 Å². The third-order valence-electron chi connectivity index (χ3n) is 4.26. The molecule has 1 aliphatic carbocycles. The van der Waals surface area contributed by atoms with Crippen molar-refractivity contribution in [3.05, 3.63) is 0 Å². The number of ether oxygens (including phenoxy) is 1. The van der Waals surface area contributed by atoms with Crippen molar-refractivity contribution in [2.75, 3.05) is 6.54 Å². The van der Waals surface area contributed by atoms with Gasteiger partial charge in [0, 0.05) is 6.54 Å². The van der Waals surface area contributed by atoms with Crippen molar-refractivity contribution in [1.29, 1.82) is 0 Å². The molecule has 0 aromatic heterocycles. The molecule has 1 unspecified atom stereocenters. The van der Waals surface area contributed by atoms with E-state index in [2.05, 4.69) is 0 Å². The molecule has 1 saturated heterocycles. The third-order valence-corrected chi connectivity index (χ3v) is 4.26. The maximum Gasteiger partial charge on any atom is 0.349 e. The summed E-state index contributed by atoms with van der Waals surface area (Å²) in [5.74, 6) is -0.435. The lowest BCUT2D eigenvalue weighted by Crippen LogP contribution is -2.49. The summed E-state index contributed by atoms with van der Waals surface area (Å²) in [4.78, 5) is 25.9.